The normalized spacial score (nSPS) is 12.5. The summed E-state index contributed by atoms with van der Waals surface area (Å²) in [7, 11) is 0. The minimum atomic E-state index is -0.772. The molecule has 0 aliphatic rings. The number of H-pyrrole nitrogens is 1. The zero-order valence-corrected chi connectivity index (χ0v) is 17.3. The van der Waals surface area contributed by atoms with Crippen molar-refractivity contribution in [3.05, 3.63) is 72.1 Å². The van der Waals surface area contributed by atoms with Crippen LogP contribution in [-0.4, -0.2) is 52.7 Å². The lowest BCUT2D eigenvalue weighted by atomic mass is 9.97. The topological polar surface area (TPSA) is 109 Å². The molecule has 0 bridgehead atoms. The number of nitrogens with zero attached hydrogens (tertiary/aromatic N) is 3. The molecule has 2 atom stereocenters. The Balaban J connectivity index is 1.75. The fraction of sp³-hybridized carbons (Fsp3) is 0.261. The molecule has 0 fully saturated rings. The van der Waals surface area contributed by atoms with Gasteiger partial charge in [-0.05, 0) is 36.8 Å². The molecule has 1 heterocycles. The summed E-state index contributed by atoms with van der Waals surface area (Å²) in [5, 5.41) is 12.8. The molecule has 0 aliphatic heterocycles. The summed E-state index contributed by atoms with van der Waals surface area (Å²) < 4.78 is 5.08. The number of esters is 1. The molecule has 8 nitrogen and oxygen atoms in total. The van der Waals surface area contributed by atoms with Crippen molar-refractivity contribution in [2.24, 2.45) is 4.99 Å². The number of hydrogen-bond donors (Lipinski definition) is 2. The fourth-order valence-corrected chi connectivity index (χ4v) is 3.27. The molecule has 2 aromatic carbocycles. The first-order chi connectivity index (χ1) is 15.1. The van der Waals surface area contributed by atoms with Crippen LogP contribution in [0.4, 0.5) is 0 Å². The van der Waals surface area contributed by atoms with E-state index in [-0.39, 0.29) is 30.7 Å². The van der Waals surface area contributed by atoms with Gasteiger partial charge in [0.25, 0.3) is 5.91 Å². The molecule has 0 aliphatic carbocycles. The summed E-state index contributed by atoms with van der Waals surface area (Å²) in [6, 6.07) is 17.0. The third kappa shape index (κ3) is 6.08. The van der Waals surface area contributed by atoms with Crippen LogP contribution in [0, 0.1) is 0 Å². The predicted octanol–water partition coefficient (Wildman–Crippen LogP) is 2.84. The molecule has 0 saturated carbocycles. The molecular weight excluding hydrogens is 394 g/mol. The smallest absolute Gasteiger partial charge is 0.330 e. The highest BCUT2D eigenvalue weighted by Crippen LogP contribution is 2.20. The number of carbonyl (C=O) groups excluding carboxylic acids is 2. The monoisotopic (exact) mass is 419 g/mol. The number of ether oxygens (including phenoxy) is 1. The molecule has 1 amide bonds. The van der Waals surface area contributed by atoms with Crippen LogP contribution in [0.2, 0.25) is 0 Å². The zero-order valence-electron chi connectivity index (χ0n) is 17.3. The number of aliphatic imine (C=N–C) groups is 1. The second kappa shape index (κ2) is 10.8. The Morgan fingerprint density at radius 3 is 2.45 bits per heavy atom. The van der Waals surface area contributed by atoms with Gasteiger partial charge in [0.05, 0.1) is 12.8 Å². The number of hydrogen-bond acceptors (Lipinski definition) is 6. The Morgan fingerprint density at radius 1 is 1.13 bits per heavy atom. The number of rotatable bonds is 10. The molecular formula is C23H25N5O3. The number of nitrogens with one attached hydrogen (secondary N) is 2. The van der Waals surface area contributed by atoms with Gasteiger partial charge in [-0.1, -0.05) is 54.6 Å². The molecule has 0 radical (unpaired) electrons. The largest absolute Gasteiger partial charge is 0.464 e. The van der Waals surface area contributed by atoms with Crippen LogP contribution >= 0.6 is 0 Å². The van der Waals surface area contributed by atoms with Crippen molar-refractivity contribution in [1.82, 2.24) is 20.7 Å². The summed E-state index contributed by atoms with van der Waals surface area (Å²) in [6.07, 6.45) is 2.10. The van der Waals surface area contributed by atoms with Gasteiger partial charge >= 0.3 is 5.97 Å². The Bertz CT molecular complexity index is 988. The summed E-state index contributed by atoms with van der Waals surface area (Å²) in [4.78, 5) is 28.6. The third-order valence-electron chi connectivity index (χ3n) is 4.81. The Hall–Kier alpha value is -3.81. The lowest BCUT2D eigenvalue weighted by Crippen LogP contribution is -2.40. The van der Waals surface area contributed by atoms with Crippen molar-refractivity contribution >= 4 is 18.6 Å². The standard InChI is InChI=1S/C23H25N5O3/c1-3-31-23(30)20(24-2)14-19(26-22(29)21-15-25-28-27-21)13-16-9-11-18(12-10-16)17-7-5-4-6-8-17/h4-12,15,19-20H,2-3,13-14H2,1H3,(H,26,29)(H,25,27,28)/t19-,20-/m1/s1. The van der Waals surface area contributed by atoms with Crippen LogP contribution in [0.3, 0.4) is 0 Å². The van der Waals surface area contributed by atoms with Crippen LogP contribution in [0.25, 0.3) is 11.1 Å². The van der Waals surface area contributed by atoms with Gasteiger partial charge in [-0.15, -0.1) is 0 Å². The van der Waals surface area contributed by atoms with E-state index in [0.29, 0.717) is 6.42 Å². The maximum Gasteiger partial charge on any atom is 0.330 e. The van der Waals surface area contributed by atoms with Gasteiger partial charge in [-0.3, -0.25) is 9.79 Å². The van der Waals surface area contributed by atoms with E-state index in [9.17, 15) is 9.59 Å². The van der Waals surface area contributed by atoms with Gasteiger partial charge in [-0.25, -0.2) is 4.79 Å². The van der Waals surface area contributed by atoms with E-state index < -0.39 is 12.0 Å². The minimum Gasteiger partial charge on any atom is -0.464 e. The lowest BCUT2D eigenvalue weighted by molar-refractivity contribution is -0.144. The first-order valence-electron chi connectivity index (χ1n) is 10.0. The third-order valence-corrected chi connectivity index (χ3v) is 4.81. The lowest BCUT2D eigenvalue weighted by Gasteiger charge is -2.21. The van der Waals surface area contributed by atoms with Crippen molar-refractivity contribution in [3.63, 3.8) is 0 Å². The first kappa shape index (κ1) is 21.9. The van der Waals surface area contributed by atoms with Gasteiger partial charge < -0.3 is 10.1 Å². The van der Waals surface area contributed by atoms with Crippen molar-refractivity contribution in [2.45, 2.75) is 31.8 Å². The zero-order chi connectivity index (χ0) is 22.1. The highest BCUT2D eigenvalue weighted by Gasteiger charge is 2.25. The molecule has 3 rings (SSSR count). The minimum absolute atomic E-state index is 0.170. The van der Waals surface area contributed by atoms with Gasteiger partial charge in [0.2, 0.25) is 0 Å². The Kier molecular flexibility index (Phi) is 7.64. The van der Waals surface area contributed by atoms with Crippen molar-refractivity contribution in [2.75, 3.05) is 6.61 Å². The molecule has 1 aromatic heterocycles. The van der Waals surface area contributed by atoms with Gasteiger partial charge in [0, 0.05) is 12.5 Å². The molecule has 160 valence electrons. The molecule has 0 unspecified atom stereocenters. The summed E-state index contributed by atoms with van der Waals surface area (Å²) in [6.45, 7) is 5.49. The molecule has 3 aromatic rings. The molecule has 0 saturated heterocycles. The van der Waals surface area contributed by atoms with Crippen LogP contribution in [-0.2, 0) is 16.0 Å². The van der Waals surface area contributed by atoms with E-state index in [1.165, 1.54) is 6.20 Å². The highest BCUT2D eigenvalue weighted by atomic mass is 16.5. The average molecular weight is 419 g/mol. The Morgan fingerprint density at radius 2 is 1.84 bits per heavy atom. The van der Waals surface area contributed by atoms with E-state index in [0.717, 1.165) is 16.7 Å². The number of carbonyl (C=O) groups is 2. The van der Waals surface area contributed by atoms with E-state index in [1.807, 2.05) is 42.5 Å². The van der Waals surface area contributed by atoms with Crippen molar-refractivity contribution < 1.29 is 14.3 Å². The van der Waals surface area contributed by atoms with E-state index in [1.54, 1.807) is 6.92 Å². The molecule has 31 heavy (non-hydrogen) atoms. The first-order valence-corrected chi connectivity index (χ1v) is 10.0. The number of aromatic amines is 1. The summed E-state index contributed by atoms with van der Waals surface area (Å²) in [5.41, 5.74) is 3.41. The van der Waals surface area contributed by atoms with E-state index in [4.69, 9.17) is 4.74 Å². The highest BCUT2D eigenvalue weighted by molar-refractivity contribution is 5.92. The second-order valence-corrected chi connectivity index (χ2v) is 6.98. The van der Waals surface area contributed by atoms with Gasteiger partial charge in [-0.2, -0.15) is 15.4 Å². The maximum atomic E-state index is 12.5. The molecule has 2 N–H and O–H groups in total. The van der Waals surface area contributed by atoms with Crippen LogP contribution in [0.15, 0.2) is 65.8 Å². The predicted molar refractivity (Wildman–Crippen MR) is 118 cm³/mol. The van der Waals surface area contributed by atoms with Gasteiger partial charge in [0.1, 0.15) is 6.04 Å². The maximum absolute atomic E-state index is 12.5. The van der Waals surface area contributed by atoms with Crippen LogP contribution in [0.1, 0.15) is 29.4 Å². The Labute approximate surface area is 180 Å². The van der Waals surface area contributed by atoms with E-state index in [2.05, 4.69) is 44.6 Å². The number of benzene rings is 2. The molecule has 0 spiro atoms. The fourth-order valence-electron chi connectivity index (χ4n) is 3.27. The second-order valence-electron chi connectivity index (χ2n) is 6.98. The van der Waals surface area contributed by atoms with Crippen molar-refractivity contribution in [1.29, 1.82) is 0 Å². The summed E-state index contributed by atoms with van der Waals surface area (Å²) >= 11 is 0. The van der Waals surface area contributed by atoms with E-state index >= 15 is 0 Å². The molecule has 8 heteroatoms. The summed E-state index contributed by atoms with van der Waals surface area (Å²) in [5.74, 6) is -0.844. The average Bonchev–Trinajstić information content (AvgIpc) is 3.34. The SMILES string of the molecule is C=N[C@H](C[C@@H](Cc1ccc(-c2ccccc2)cc1)NC(=O)c1cn[nH]n1)C(=O)OCC. The van der Waals surface area contributed by atoms with Crippen molar-refractivity contribution in [3.8, 4) is 11.1 Å². The van der Waals surface area contributed by atoms with Gasteiger partial charge in [0.15, 0.2) is 5.69 Å². The quantitative estimate of drug-likeness (QED) is 0.388. The number of amides is 1. The number of aromatic nitrogens is 3. The van der Waals surface area contributed by atoms with Crippen LogP contribution < -0.4 is 5.32 Å². The van der Waals surface area contributed by atoms with Crippen LogP contribution in [0.5, 0.6) is 0 Å².